The van der Waals surface area contributed by atoms with Crippen LogP contribution in [-0.4, -0.2) is 11.0 Å². The Balaban J connectivity index is 2.68. The van der Waals surface area contributed by atoms with Gasteiger partial charge in [0.2, 0.25) is 0 Å². The van der Waals surface area contributed by atoms with Crippen LogP contribution in [-0.2, 0) is 11.2 Å². The third-order valence-corrected chi connectivity index (χ3v) is 2.55. The lowest BCUT2D eigenvalue weighted by Gasteiger charge is -2.06. The van der Waals surface area contributed by atoms with E-state index in [1.165, 1.54) is 6.92 Å². The molecule has 1 N–H and O–H groups in total. The lowest BCUT2D eigenvalue weighted by molar-refractivity contribution is -0.131. The molecule has 0 fully saturated rings. The number of ether oxygens (including phenoxy) is 1. The number of rotatable bonds is 2. The van der Waals surface area contributed by atoms with Crippen molar-refractivity contribution in [3.05, 3.63) is 40.2 Å². The molecule has 0 unspecified atom stereocenters. The van der Waals surface area contributed by atoms with Crippen LogP contribution in [0.3, 0.4) is 0 Å². The molecule has 0 aliphatic carbocycles. The number of H-pyrrole nitrogens is 1. The molecule has 0 radical (unpaired) electrons. The molecule has 0 amide bonds. The third-order valence-electron chi connectivity index (χ3n) is 2.55. The van der Waals surface area contributed by atoms with Crippen molar-refractivity contribution in [2.24, 2.45) is 0 Å². The molecule has 2 aromatic rings. The first-order valence-electron chi connectivity index (χ1n) is 5.45. The minimum Gasteiger partial charge on any atom is -0.424 e. The summed E-state index contributed by atoms with van der Waals surface area (Å²) in [5, 5.41) is 0.861. The van der Waals surface area contributed by atoms with Gasteiger partial charge in [-0.15, -0.1) is 0 Å². The molecule has 2 rings (SSSR count). The van der Waals surface area contributed by atoms with Gasteiger partial charge in [-0.05, 0) is 18.6 Å². The number of carbonyl (C=O) groups is 1. The summed E-state index contributed by atoms with van der Waals surface area (Å²) < 4.78 is 5.05. The van der Waals surface area contributed by atoms with Crippen LogP contribution < -0.4 is 10.3 Å². The second kappa shape index (κ2) is 4.41. The maximum Gasteiger partial charge on any atom is 0.308 e. The molecule has 88 valence electrons. The molecular formula is C13H13NO3. The van der Waals surface area contributed by atoms with Crippen LogP contribution in [0.2, 0.25) is 0 Å². The predicted octanol–water partition coefficient (Wildman–Crippen LogP) is 2.02. The minimum atomic E-state index is -0.405. The van der Waals surface area contributed by atoms with Crippen molar-refractivity contribution in [3.63, 3.8) is 0 Å². The van der Waals surface area contributed by atoms with E-state index < -0.39 is 5.97 Å². The van der Waals surface area contributed by atoms with Gasteiger partial charge in [-0.25, -0.2) is 0 Å². The summed E-state index contributed by atoms with van der Waals surface area (Å²) in [4.78, 5) is 25.4. The van der Waals surface area contributed by atoms with Gasteiger partial charge in [-0.3, -0.25) is 9.59 Å². The fraction of sp³-hybridized carbons (Fsp3) is 0.231. The van der Waals surface area contributed by atoms with Crippen molar-refractivity contribution in [3.8, 4) is 5.75 Å². The number of fused-ring (bicyclic) bond motifs is 1. The molecular weight excluding hydrogens is 218 g/mol. The fourth-order valence-corrected chi connectivity index (χ4v) is 1.75. The molecule has 0 saturated carbocycles. The van der Waals surface area contributed by atoms with E-state index in [2.05, 4.69) is 4.98 Å². The number of esters is 1. The van der Waals surface area contributed by atoms with Gasteiger partial charge in [0, 0.05) is 17.9 Å². The summed E-state index contributed by atoms with van der Waals surface area (Å²) in [6.07, 6.45) is 0.670. The molecule has 17 heavy (non-hydrogen) atoms. The van der Waals surface area contributed by atoms with E-state index >= 15 is 0 Å². The Bertz CT molecular complexity index is 628. The van der Waals surface area contributed by atoms with Crippen molar-refractivity contribution in [1.29, 1.82) is 0 Å². The lowest BCUT2D eigenvalue weighted by Crippen LogP contribution is -2.12. The number of aromatic nitrogens is 1. The maximum atomic E-state index is 11.7. The number of carbonyl (C=O) groups excluding carboxylic acids is 1. The van der Waals surface area contributed by atoms with E-state index in [-0.39, 0.29) is 5.56 Å². The number of nitrogens with one attached hydrogen (secondary N) is 1. The first kappa shape index (κ1) is 11.4. The molecule has 0 bridgehead atoms. The normalized spacial score (nSPS) is 10.5. The summed E-state index contributed by atoms with van der Waals surface area (Å²) in [6, 6.07) is 7.14. The zero-order valence-corrected chi connectivity index (χ0v) is 9.74. The largest absolute Gasteiger partial charge is 0.424 e. The first-order valence-corrected chi connectivity index (χ1v) is 5.45. The zero-order chi connectivity index (χ0) is 12.4. The molecule has 0 spiro atoms. The van der Waals surface area contributed by atoms with Crippen molar-refractivity contribution in [2.45, 2.75) is 20.3 Å². The monoisotopic (exact) mass is 231 g/mol. The number of pyridine rings is 1. The molecule has 1 heterocycles. The van der Waals surface area contributed by atoms with Crippen molar-refractivity contribution >= 4 is 16.9 Å². The van der Waals surface area contributed by atoms with E-state index in [4.69, 9.17) is 4.74 Å². The Hall–Kier alpha value is -2.10. The van der Waals surface area contributed by atoms with Gasteiger partial charge in [0.25, 0.3) is 5.56 Å². The Morgan fingerprint density at radius 2 is 2.18 bits per heavy atom. The smallest absolute Gasteiger partial charge is 0.308 e. The molecule has 0 saturated heterocycles. The van der Waals surface area contributed by atoms with E-state index in [1.54, 1.807) is 12.1 Å². The van der Waals surface area contributed by atoms with Crippen molar-refractivity contribution in [2.75, 3.05) is 0 Å². The highest BCUT2D eigenvalue weighted by atomic mass is 16.5. The van der Waals surface area contributed by atoms with Crippen LogP contribution in [0.5, 0.6) is 5.75 Å². The molecule has 0 aliphatic rings. The zero-order valence-electron chi connectivity index (χ0n) is 9.74. The van der Waals surface area contributed by atoms with E-state index in [9.17, 15) is 9.59 Å². The highest BCUT2D eigenvalue weighted by molar-refractivity contribution is 5.87. The van der Waals surface area contributed by atoms with Gasteiger partial charge in [-0.2, -0.15) is 0 Å². The molecule has 0 atom stereocenters. The van der Waals surface area contributed by atoms with E-state index in [1.807, 2.05) is 19.1 Å². The quantitative estimate of drug-likeness (QED) is 0.635. The van der Waals surface area contributed by atoms with Gasteiger partial charge in [0.05, 0.1) is 5.52 Å². The number of hydrogen-bond donors (Lipinski definition) is 1. The molecule has 0 aliphatic heterocycles. The van der Waals surface area contributed by atoms with Gasteiger partial charge >= 0.3 is 5.97 Å². The summed E-state index contributed by atoms with van der Waals surface area (Å²) in [6.45, 7) is 3.25. The number of benzene rings is 1. The van der Waals surface area contributed by atoms with Crippen molar-refractivity contribution in [1.82, 2.24) is 4.98 Å². The molecule has 4 heteroatoms. The number of aromatic amines is 1. The van der Waals surface area contributed by atoms with Crippen LogP contribution in [0.1, 0.15) is 19.4 Å². The summed E-state index contributed by atoms with van der Waals surface area (Å²) in [5.41, 5.74) is 1.14. The number of para-hydroxylation sites is 1. The summed E-state index contributed by atoms with van der Waals surface area (Å²) in [7, 11) is 0. The van der Waals surface area contributed by atoms with Gasteiger partial charge < -0.3 is 9.72 Å². The summed E-state index contributed by atoms with van der Waals surface area (Å²) in [5.74, 6) is -0.0207. The van der Waals surface area contributed by atoms with Crippen LogP contribution >= 0.6 is 0 Å². The highest BCUT2D eigenvalue weighted by Crippen LogP contribution is 2.23. The second-order valence-electron chi connectivity index (χ2n) is 3.79. The van der Waals surface area contributed by atoms with Gasteiger partial charge in [0.15, 0.2) is 5.75 Å². The minimum absolute atomic E-state index is 0.139. The van der Waals surface area contributed by atoms with Gasteiger partial charge in [0.1, 0.15) is 0 Å². The Morgan fingerprint density at radius 3 is 2.82 bits per heavy atom. The Kier molecular flexibility index (Phi) is 2.95. The fourth-order valence-electron chi connectivity index (χ4n) is 1.75. The average molecular weight is 231 g/mol. The summed E-state index contributed by atoms with van der Waals surface area (Å²) >= 11 is 0. The second-order valence-corrected chi connectivity index (χ2v) is 3.79. The highest BCUT2D eigenvalue weighted by Gasteiger charge is 2.07. The molecule has 1 aromatic carbocycles. The first-order chi connectivity index (χ1) is 8.11. The standard InChI is InChI=1S/C13H13NO3/c1-3-9-7-10-5-4-6-11(17-8(2)15)12(10)14-13(9)16/h4-7H,3H2,1-2H3,(H,14,16). The average Bonchev–Trinajstić information content (AvgIpc) is 2.28. The van der Waals surface area contributed by atoms with Crippen LogP contribution in [0, 0.1) is 0 Å². The molecule has 1 aromatic heterocycles. The Labute approximate surface area is 98.2 Å². The number of aryl methyl sites for hydroxylation is 1. The SMILES string of the molecule is CCc1cc2cccc(OC(C)=O)c2[nH]c1=O. The Morgan fingerprint density at radius 1 is 1.41 bits per heavy atom. The van der Waals surface area contributed by atoms with E-state index in [0.29, 0.717) is 17.7 Å². The van der Waals surface area contributed by atoms with Crippen LogP contribution in [0.4, 0.5) is 0 Å². The van der Waals surface area contributed by atoms with Crippen LogP contribution in [0.15, 0.2) is 29.1 Å². The molecule has 4 nitrogen and oxygen atoms in total. The number of hydrogen-bond acceptors (Lipinski definition) is 3. The van der Waals surface area contributed by atoms with E-state index in [0.717, 1.165) is 10.9 Å². The lowest BCUT2D eigenvalue weighted by atomic mass is 10.1. The third kappa shape index (κ3) is 2.20. The van der Waals surface area contributed by atoms with Crippen LogP contribution in [0.25, 0.3) is 10.9 Å². The topological polar surface area (TPSA) is 59.2 Å². The predicted molar refractivity (Wildman–Crippen MR) is 65.3 cm³/mol. The van der Waals surface area contributed by atoms with Crippen molar-refractivity contribution < 1.29 is 9.53 Å². The maximum absolute atomic E-state index is 11.7. The van der Waals surface area contributed by atoms with Gasteiger partial charge in [-0.1, -0.05) is 19.1 Å².